The van der Waals surface area contributed by atoms with E-state index in [4.69, 9.17) is 10.7 Å². The summed E-state index contributed by atoms with van der Waals surface area (Å²) in [5.74, 6) is 1.91. The van der Waals surface area contributed by atoms with Gasteiger partial charge in [-0.2, -0.15) is 0 Å². The van der Waals surface area contributed by atoms with Gasteiger partial charge in [-0.15, -0.1) is 0 Å². The van der Waals surface area contributed by atoms with Crippen LogP contribution in [0.4, 0.5) is 0 Å². The maximum Gasteiger partial charge on any atom is 0.257 e. The molecular weight excluding hydrogens is 348 g/mol. The summed E-state index contributed by atoms with van der Waals surface area (Å²) < 4.78 is 0. The minimum Gasteiger partial charge on any atom is -0.369 e. The van der Waals surface area contributed by atoms with E-state index >= 15 is 0 Å². The van der Waals surface area contributed by atoms with Crippen molar-refractivity contribution in [3.05, 3.63) is 0 Å². The number of aliphatic imine (C=N–C) groups is 1. The van der Waals surface area contributed by atoms with E-state index in [-0.39, 0.29) is 5.91 Å². The summed E-state index contributed by atoms with van der Waals surface area (Å²) in [5, 5.41) is 3.75. The van der Waals surface area contributed by atoms with Crippen molar-refractivity contribution in [1.29, 1.82) is 0 Å². The van der Waals surface area contributed by atoms with Crippen LogP contribution < -0.4 is 11.1 Å². The van der Waals surface area contributed by atoms with E-state index in [1.165, 1.54) is 70.6 Å². The molecule has 2 saturated carbocycles. The topological polar surface area (TPSA) is 70.7 Å². The molecule has 28 heavy (non-hydrogen) atoms. The minimum atomic E-state index is -0.591. The van der Waals surface area contributed by atoms with Gasteiger partial charge >= 0.3 is 0 Å². The molecule has 160 valence electrons. The molecule has 3 N–H and O–H groups in total. The van der Waals surface area contributed by atoms with Gasteiger partial charge in [-0.25, -0.2) is 4.99 Å². The second-order valence-corrected chi connectivity index (χ2v) is 9.65. The van der Waals surface area contributed by atoms with Gasteiger partial charge in [0.2, 0.25) is 0 Å². The lowest BCUT2D eigenvalue weighted by atomic mass is 9.74. The van der Waals surface area contributed by atoms with Gasteiger partial charge in [0, 0.05) is 13.1 Å². The third-order valence-corrected chi connectivity index (χ3v) is 7.44. The van der Waals surface area contributed by atoms with Crippen LogP contribution in [0.25, 0.3) is 0 Å². The first-order valence-corrected chi connectivity index (χ1v) is 11.9. The zero-order valence-electron chi connectivity index (χ0n) is 18.2. The lowest BCUT2D eigenvalue weighted by Crippen LogP contribution is -2.45. The Labute approximate surface area is 171 Å². The SMILES string of the molecule is CCCCN[C@@H]1CCC[C@@H](C[C@@]2(CCC3CCCCC3)N=C(N)N(C)C2=O)C1. The van der Waals surface area contributed by atoms with Crippen LogP contribution in [0.2, 0.25) is 0 Å². The van der Waals surface area contributed by atoms with Crippen LogP contribution in [0.5, 0.6) is 0 Å². The first-order chi connectivity index (χ1) is 13.5. The molecule has 3 rings (SSSR count). The fourth-order valence-electron chi connectivity index (χ4n) is 5.70. The highest BCUT2D eigenvalue weighted by molar-refractivity contribution is 6.06. The molecule has 5 heteroatoms. The van der Waals surface area contributed by atoms with Crippen molar-refractivity contribution in [1.82, 2.24) is 10.2 Å². The second kappa shape index (κ2) is 10.1. The molecule has 3 aliphatic rings. The number of hydrogen-bond donors (Lipinski definition) is 2. The van der Waals surface area contributed by atoms with Crippen molar-refractivity contribution in [2.45, 2.75) is 108 Å². The lowest BCUT2D eigenvalue weighted by Gasteiger charge is -2.35. The second-order valence-electron chi connectivity index (χ2n) is 9.65. The van der Waals surface area contributed by atoms with E-state index in [0.29, 0.717) is 17.9 Å². The molecule has 0 aromatic carbocycles. The van der Waals surface area contributed by atoms with Gasteiger partial charge in [-0.1, -0.05) is 58.3 Å². The van der Waals surface area contributed by atoms with Gasteiger partial charge in [0.25, 0.3) is 5.91 Å². The van der Waals surface area contributed by atoms with Crippen molar-refractivity contribution in [3.63, 3.8) is 0 Å². The quantitative estimate of drug-likeness (QED) is 0.579. The molecule has 0 unspecified atom stereocenters. The van der Waals surface area contributed by atoms with E-state index in [1.54, 1.807) is 11.9 Å². The molecule has 0 radical (unpaired) electrons. The molecule has 2 fully saturated rings. The Hall–Kier alpha value is -1.10. The lowest BCUT2D eigenvalue weighted by molar-refractivity contribution is -0.131. The fraction of sp³-hybridized carbons (Fsp3) is 0.913. The molecule has 0 aromatic rings. The standard InChI is InChI=1S/C23H42N4O/c1-3-4-15-25-20-12-8-11-19(16-20)17-23(21(28)27(2)22(24)26-23)14-13-18-9-6-5-7-10-18/h18-20,25H,3-17H2,1-2H3,(H2,24,26)/t19-,20-,23-/m1/s1. The van der Waals surface area contributed by atoms with Gasteiger partial charge in [0.05, 0.1) is 0 Å². The number of rotatable bonds is 9. The summed E-state index contributed by atoms with van der Waals surface area (Å²) in [7, 11) is 1.79. The molecular formula is C23H42N4O. The van der Waals surface area contributed by atoms with Crippen molar-refractivity contribution in [3.8, 4) is 0 Å². The number of guanidine groups is 1. The van der Waals surface area contributed by atoms with Gasteiger partial charge in [0.15, 0.2) is 5.96 Å². The van der Waals surface area contributed by atoms with Crippen LogP contribution in [0, 0.1) is 11.8 Å². The van der Waals surface area contributed by atoms with E-state index in [1.807, 2.05) is 0 Å². The number of nitrogens with zero attached hydrogens (tertiary/aromatic N) is 2. The first kappa shape index (κ1) is 21.6. The third-order valence-electron chi connectivity index (χ3n) is 7.44. The van der Waals surface area contributed by atoms with Crippen molar-refractivity contribution in [2.75, 3.05) is 13.6 Å². The molecule has 1 amide bonds. The van der Waals surface area contributed by atoms with E-state index in [0.717, 1.165) is 31.7 Å². The Kier molecular flexibility index (Phi) is 7.78. The number of nitrogens with one attached hydrogen (secondary N) is 1. The number of nitrogens with two attached hydrogens (primary N) is 1. The smallest absolute Gasteiger partial charge is 0.257 e. The Balaban J connectivity index is 1.63. The largest absolute Gasteiger partial charge is 0.369 e. The average molecular weight is 391 g/mol. The molecule has 0 spiro atoms. The Morgan fingerprint density at radius 2 is 1.89 bits per heavy atom. The molecule has 0 saturated heterocycles. The predicted molar refractivity (Wildman–Crippen MR) is 116 cm³/mol. The Morgan fingerprint density at radius 3 is 2.57 bits per heavy atom. The Morgan fingerprint density at radius 1 is 1.14 bits per heavy atom. The summed E-state index contributed by atoms with van der Waals surface area (Å²) in [4.78, 5) is 19.6. The first-order valence-electron chi connectivity index (χ1n) is 11.9. The average Bonchev–Trinajstić information content (AvgIpc) is 2.92. The molecule has 2 aliphatic carbocycles. The number of amides is 1. The maximum absolute atomic E-state index is 13.2. The highest BCUT2D eigenvalue weighted by Crippen LogP contribution is 2.40. The molecule has 1 heterocycles. The van der Waals surface area contributed by atoms with Crippen LogP contribution in [0.3, 0.4) is 0 Å². The molecule has 0 bridgehead atoms. The van der Waals surface area contributed by atoms with Crippen LogP contribution in [0.1, 0.15) is 96.8 Å². The molecule has 3 atom stereocenters. The summed E-state index contributed by atoms with van der Waals surface area (Å²) in [6.45, 7) is 3.36. The van der Waals surface area contributed by atoms with E-state index in [2.05, 4.69) is 12.2 Å². The van der Waals surface area contributed by atoms with Crippen molar-refractivity contribution >= 4 is 11.9 Å². The van der Waals surface area contributed by atoms with Crippen molar-refractivity contribution in [2.24, 2.45) is 22.6 Å². The number of likely N-dealkylation sites (N-methyl/N-ethyl adjacent to an activating group) is 1. The molecule has 1 aliphatic heterocycles. The molecule has 0 aromatic heterocycles. The van der Waals surface area contributed by atoms with Crippen LogP contribution in [-0.2, 0) is 4.79 Å². The summed E-state index contributed by atoms with van der Waals surface area (Å²) in [6.07, 6.45) is 17.0. The fourth-order valence-corrected chi connectivity index (χ4v) is 5.70. The summed E-state index contributed by atoms with van der Waals surface area (Å²) >= 11 is 0. The van der Waals surface area contributed by atoms with Crippen LogP contribution in [-0.4, -0.2) is 41.9 Å². The number of carbonyl (C=O) groups excluding carboxylic acids is 1. The highest BCUT2D eigenvalue weighted by atomic mass is 16.2. The van der Waals surface area contributed by atoms with Gasteiger partial charge in [-0.3, -0.25) is 9.69 Å². The minimum absolute atomic E-state index is 0.141. The zero-order chi connectivity index (χ0) is 20.0. The highest BCUT2D eigenvalue weighted by Gasteiger charge is 2.47. The van der Waals surface area contributed by atoms with Crippen LogP contribution >= 0.6 is 0 Å². The normalized spacial score (nSPS) is 32.0. The Bertz CT molecular complexity index is 543. The van der Waals surface area contributed by atoms with Crippen LogP contribution in [0.15, 0.2) is 4.99 Å². The monoisotopic (exact) mass is 390 g/mol. The van der Waals surface area contributed by atoms with Gasteiger partial charge in [0.1, 0.15) is 5.54 Å². The third kappa shape index (κ3) is 5.28. The number of carbonyl (C=O) groups is 1. The van der Waals surface area contributed by atoms with E-state index in [9.17, 15) is 4.79 Å². The van der Waals surface area contributed by atoms with Crippen molar-refractivity contribution < 1.29 is 4.79 Å². The predicted octanol–water partition coefficient (Wildman–Crippen LogP) is 4.21. The van der Waals surface area contributed by atoms with E-state index < -0.39 is 5.54 Å². The molecule has 5 nitrogen and oxygen atoms in total. The van der Waals surface area contributed by atoms with Gasteiger partial charge in [-0.05, 0) is 56.9 Å². The maximum atomic E-state index is 13.2. The number of hydrogen-bond acceptors (Lipinski definition) is 4. The van der Waals surface area contributed by atoms with Gasteiger partial charge < -0.3 is 11.1 Å². The number of unbranched alkanes of at least 4 members (excludes halogenated alkanes) is 1. The zero-order valence-corrected chi connectivity index (χ0v) is 18.2. The summed E-state index contributed by atoms with van der Waals surface area (Å²) in [6, 6.07) is 0.608. The summed E-state index contributed by atoms with van der Waals surface area (Å²) in [5.41, 5.74) is 5.52.